The number of hydrogen-bond donors (Lipinski definition) is 2. The van der Waals surface area contributed by atoms with Crippen LogP contribution in [0.2, 0.25) is 0 Å². The molecule has 6 heteroatoms. The van der Waals surface area contributed by atoms with Crippen molar-refractivity contribution in [1.82, 2.24) is 15.5 Å². The Morgan fingerprint density at radius 3 is 1.69 bits per heavy atom. The fraction of sp³-hybridized carbons (Fsp3) is 0.900. The number of rotatable bonds is 9. The third kappa shape index (κ3) is 7.62. The SMILES string of the molecule is COCC(C)N(CC(=O)NC1CCCCC1)CC(=O)NC1CCCCC1. The molecule has 2 aliphatic carbocycles. The number of nitrogens with one attached hydrogen (secondary N) is 2. The minimum atomic E-state index is 0.0188. The first-order chi connectivity index (χ1) is 12.6. The zero-order valence-corrected chi connectivity index (χ0v) is 16.6. The van der Waals surface area contributed by atoms with Gasteiger partial charge in [-0.05, 0) is 32.6 Å². The largest absolute Gasteiger partial charge is 0.383 e. The highest BCUT2D eigenvalue weighted by Gasteiger charge is 2.24. The molecule has 6 nitrogen and oxygen atoms in total. The summed E-state index contributed by atoms with van der Waals surface area (Å²) in [5.41, 5.74) is 0. The van der Waals surface area contributed by atoms with Gasteiger partial charge >= 0.3 is 0 Å². The molecule has 2 saturated carbocycles. The molecule has 0 bridgehead atoms. The van der Waals surface area contributed by atoms with Crippen LogP contribution in [0.5, 0.6) is 0 Å². The molecular formula is C20H37N3O3. The van der Waals surface area contributed by atoms with Crippen molar-refractivity contribution in [3.8, 4) is 0 Å². The lowest BCUT2D eigenvalue weighted by Crippen LogP contribution is -2.51. The van der Waals surface area contributed by atoms with Gasteiger partial charge in [-0.15, -0.1) is 0 Å². The van der Waals surface area contributed by atoms with Gasteiger partial charge in [0.1, 0.15) is 0 Å². The van der Waals surface area contributed by atoms with Crippen molar-refractivity contribution in [2.75, 3.05) is 26.8 Å². The van der Waals surface area contributed by atoms with Crippen molar-refractivity contribution < 1.29 is 14.3 Å². The fourth-order valence-electron chi connectivity index (χ4n) is 4.12. The number of methoxy groups -OCH3 is 1. The predicted octanol–water partition coefficient (Wildman–Crippen LogP) is 2.22. The van der Waals surface area contributed by atoms with Gasteiger partial charge in [-0.25, -0.2) is 0 Å². The molecule has 1 atom stereocenters. The third-order valence-electron chi connectivity index (χ3n) is 5.67. The predicted molar refractivity (Wildman–Crippen MR) is 103 cm³/mol. The highest BCUT2D eigenvalue weighted by Crippen LogP contribution is 2.18. The Morgan fingerprint density at radius 1 is 0.885 bits per heavy atom. The lowest BCUT2D eigenvalue weighted by atomic mass is 9.95. The molecule has 0 radical (unpaired) electrons. The molecule has 0 spiro atoms. The molecule has 0 aliphatic heterocycles. The van der Waals surface area contributed by atoms with Crippen molar-refractivity contribution in [3.63, 3.8) is 0 Å². The smallest absolute Gasteiger partial charge is 0.234 e. The number of carbonyl (C=O) groups excluding carboxylic acids is 2. The Bertz CT molecular complexity index is 398. The van der Waals surface area contributed by atoms with Crippen LogP contribution in [0.1, 0.15) is 71.1 Å². The van der Waals surface area contributed by atoms with E-state index in [1.165, 1.54) is 38.5 Å². The van der Waals surface area contributed by atoms with Crippen LogP contribution in [0.25, 0.3) is 0 Å². The molecule has 2 N–H and O–H groups in total. The van der Waals surface area contributed by atoms with Gasteiger partial charge < -0.3 is 15.4 Å². The fourth-order valence-corrected chi connectivity index (χ4v) is 4.12. The number of amides is 2. The van der Waals surface area contributed by atoms with E-state index in [1.807, 2.05) is 11.8 Å². The van der Waals surface area contributed by atoms with Crippen LogP contribution in [0.15, 0.2) is 0 Å². The molecule has 2 amide bonds. The Kier molecular flexibility index (Phi) is 9.40. The summed E-state index contributed by atoms with van der Waals surface area (Å²) in [5, 5.41) is 6.30. The number of carbonyl (C=O) groups is 2. The summed E-state index contributed by atoms with van der Waals surface area (Å²) in [6, 6.07) is 0.619. The highest BCUT2D eigenvalue weighted by atomic mass is 16.5. The van der Waals surface area contributed by atoms with E-state index in [2.05, 4.69) is 10.6 Å². The summed E-state index contributed by atoms with van der Waals surface area (Å²) >= 11 is 0. The van der Waals surface area contributed by atoms with Gasteiger partial charge in [-0.1, -0.05) is 38.5 Å². The number of ether oxygens (including phenoxy) is 1. The van der Waals surface area contributed by atoms with Gasteiger partial charge in [0, 0.05) is 25.2 Å². The van der Waals surface area contributed by atoms with Gasteiger partial charge in [0.2, 0.25) is 11.8 Å². The van der Waals surface area contributed by atoms with E-state index in [-0.39, 0.29) is 30.9 Å². The monoisotopic (exact) mass is 367 g/mol. The Labute approximate surface area is 158 Å². The van der Waals surface area contributed by atoms with Gasteiger partial charge in [0.15, 0.2) is 0 Å². The average molecular weight is 368 g/mol. The Hall–Kier alpha value is -1.14. The van der Waals surface area contributed by atoms with Crippen LogP contribution in [-0.4, -0.2) is 61.6 Å². The molecule has 2 fully saturated rings. The topological polar surface area (TPSA) is 70.7 Å². The van der Waals surface area contributed by atoms with Crippen molar-refractivity contribution >= 4 is 11.8 Å². The maximum absolute atomic E-state index is 12.5. The van der Waals surface area contributed by atoms with Gasteiger partial charge in [-0.2, -0.15) is 0 Å². The summed E-state index contributed by atoms with van der Waals surface area (Å²) in [6.07, 6.45) is 11.6. The molecule has 1 unspecified atom stereocenters. The normalized spacial score (nSPS) is 20.7. The van der Waals surface area contributed by atoms with E-state index < -0.39 is 0 Å². The molecule has 0 aromatic carbocycles. The van der Waals surface area contributed by atoms with E-state index >= 15 is 0 Å². The minimum absolute atomic E-state index is 0.0188. The molecule has 150 valence electrons. The minimum Gasteiger partial charge on any atom is -0.383 e. The quantitative estimate of drug-likeness (QED) is 0.656. The van der Waals surface area contributed by atoms with E-state index in [1.54, 1.807) is 7.11 Å². The van der Waals surface area contributed by atoms with Gasteiger partial charge in [0.25, 0.3) is 0 Å². The van der Waals surface area contributed by atoms with Crippen LogP contribution in [0.3, 0.4) is 0 Å². The van der Waals surface area contributed by atoms with E-state index in [9.17, 15) is 9.59 Å². The lowest BCUT2D eigenvalue weighted by Gasteiger charge is -2.30. The van der Waals surface area contributed by atoms with Crippen molar-refractivity contribution in [2.24, 2.45) is 0 Å². The van der Waals surface area contributed by atoms with Crippen molar-refractivity contribution in [1.29, 1.82) is 0 Å². The van der Waals surface area contributed by atoms with E-state index in [0.717, 1.165) is 25.7 Å². The summed E-state index contributed by atoms with van der Waals surface area (Å²) < 4.78 is 5.24. The molecule has 2 rings (SSSR count). The molecular weight excluding hydrogens is 330 g/mol. The zero-order valence-electron chi connectivity index (χ0n) is 16.6. The Morgan fingerprint density at radius 2 is 1.31 bits per heavy atom. The van der Waals surface area contributed by atoms with Crippen LogP contribution >= 0.6 is 0 Å². The molecule has 0 saturated heterocycles. The molecule has 26 heavy (non-hydrogen) atoms. The maximum Gasteiger partial charge on any atom is 0.234 e. The first-order valence-electron chi connectivity index (χ1n) is 10.4. The molecule has 0 aromatic heterocycles. The highest BCUT2D eigenvalue weighted by molar-refractivity contribution is 5.81. The number of nitrogens with zero attached hydrogens (tertiary/aromatic N) is 1. The van der Waals surface area contributed by atoms with E-state index in [4.69, 9.17) is 4.74 Å². The van der Waals surface area contributed by atoms with Crippen LogP contribution in [-0.2, 0) is 14.3 Å². The van der Waals surface area contributed by atoms with Crippen LogP contribution < -0.4 is 10.6 Å². The summed E-state index contributed by atoms with van der Waals surface area (Å²) in [4.78, 5) is 26.9. The van der Waals surface area contributed by atoms with Crippen LogP contribution in [0.4, 0.5) is 0 Å². The first kappa shape index (κ1) is 21.2. The van der Waals surface area contributed by atoms with Crippen molar-refractivity contribution in [2.45, 2.75) is 89.3 Å². The third-order valence-corrected chi connectivity index (χ3v) is 5.67. The van der Waals surface area contributed by atoms with E-state index in [0.29, 0.717) is 18.7 Å². The first-order valence-corrected chi connectivity index (χ1v) is 10.4. The molecule has 0 aromatic rings. The zero-order chi connectivity index (χ0) is 18.8. The van der Waals surface area contributed by atoms with Gasteiger partial charge in [-0.3, -0.25) is 14.5 Å². The average Bonchev–Trinajstić information content (AvgIpc) is 2.63. The molecule has 0 heterocycles. The van der Waals surface area contributed by atoms with Gasteiger partial charge in [0.05, 0.1) is 19.7 Å². The molecule has 2 aliphatic rings. The summed E-state index contributed by atoms with van der Waals surface area (Å²) in [5.74, 6) is 0.0376. The Balaban J connectivity index is 1.83. The second-order valence-corrected chi connectivity index (χ2v) is 8.01. The number of hydrogen-bond acceptors (Lipinski definition) is 4. The van der Waals surface area contributed by atoms with Crippen molar-refractivity contribution in [3.05, 3.63) is 0 Å². The summed E-state index contributed by atoms with van der Waals surface area (Å²) in [7, 11) is 1.65. The van der Waals surface area contributed by atoms with Crippen LogP contribution in [0, 0.1) is 0 Å². The maximum atomic E-state index is 12.5. The second kappa shape index (κ2) is 11.5. The standard InChI is InChI=1S/C20H37N3O3/c1-16(15-26-2)23(13-19(24)21-17-9-5-3-6-10-17)14-20(25)22-18-11-7-4-8-12-18/h16-18H,3-15H2,1-2H3,(H,21,24)(H,22,25). The second-order valence-electron chi connectivity index (χ2n) is 8.01. The lowest BCUT2D eigenvalue weighted by molar-refractivity contribution is -0.127. The summed E-state index contributed by atoms with van der Waals surface area (Å²) in [6.45, 7) is 3.01.